The van der Waals surface area contributed by atoms with Gasteiger partial charge in [-0.3, -0.25) is 4.72 Å². The van der Waals surface area contributed by atoms with Gasteiger partial charge < -0.3 is 0 Å². The van der Waals surface area contributed by atoms with Crippen LogP contribution in [-0.2, 0) is 10.0 Å². The molecule has 7 heteroatoms. The third kappa shape index (κ3) is 3.30. The molecule has 1 aromatic carbocycles. The van der Waals surface area contributed by atoms with E-state index >= 15 is 0 Å². The van der Waals surface area contributed by atoms with Gasteiger partial charge in [0.05, 0.1) is 4.90 Å². The fourth-order valence-electron chi connectivity index (χ4n) is 1.27. The van der Waals surface area contributed by atoms with Gasteiger partial charge in [-0.1, -0.05) is 31.9 Å². The predicted octanol–water partition coefficient (Wildman–Crippen LogP) is 3.41. The number of anilines is 1. The van der Waals surface area contributed by atoms with Crippen LogP contribution in [0.3, 0.4) is 0 Å². The van der Waals surface area contributed by atoms with Crippen LogP contribution in [0.4, 0.5) is 5.82 Å². The van der Waals surface area contributed by atoms with E-state index in [1.807, 2.05) is 0 Å². The van der Waals surface area contributed by atoms with Crippen molar-refractivity contribution in [1.82, 2.24) is 4.98 Å². The number of halogens is 2. The quantitative estimate of drug-likeness (QED) is 0.872. The molecule has 0 bridgehead atoms. The largest absolute Gasteiger partial charge is 0.263 e. The van der Waals surface area contributed by atoms with E-state index in [1.165, 1.54) is 18.3 Å². The molecule has 1 heterocycles. The van der Waals surface area contributed by atoms with Gasteiger partial charge in [-0.15, -0.1) is 0 Å². The normalized spacial score (nSPS) is 11.2. The van der Waals surface area contributed by atoms with Gasteiger partial charge in [0.1, 0.15) is 5.82 Å². The number of rotatable bonds is 3. The van der Waals surface area contributed by atoms with E-state index in [4.69, 9.17) is 0 Å². The molecule has 0 aliphatic carbocycles. The first-order valence-corrected chi connectivity index (χ1v) is 7.94. The number of benzene rings is 1. The molecule has 0 atom stereocenters. The number of hydrogen-bond donors (Lipinski definition) is 1. The van der Waals surface area contributed by atoms with Gasteiger partial charge in [-0.25, -0.2) is 13.4 Å². The number of pyridine rings is 1. The van der Waals surface area contributed by atoms with Gasteiger partial charge in [-0.05, 0) is 36.4 Å². The Morgan fingerprint density at radius 1 is 1.00 bits per heavy atom. The van der Waals surface area contributed by atoms with Crippen molar-refractivity contribution in [3.63, 3.8) is 0 Å². The predicted molar refractivity (Wildman–Crippen MR) is 76.9 cm³/mol. The molecule has 0 aliphatic heterocycles. The van der Waals surface area contributed by atoms with E-state index in [1.54, 1.807) is 24.3 Å². The van der Waals surface area contributed by atoms with E-state index in [-0.39, 0.29) is 10.7 Å². The topological polar surface area (TPSA) is 59.1 Å². The van der Waals surface area contributed by atoms with Crippen molar-refractivity contribution in [2.24, 2.45) is 0 Å². The molecule has 2 rings (SSSR count). The van der Waals surface area contributed by atoms with Gasteiger partial charge in [0.2, 0.25) is 0 Å². The molecule has 0 fully saturated rings. The summed E-state index contributed by atoms with van der Waals surface area (Å²) in [4.78, 5) is 4.13. The maximum atomic E-state index is 12.0. The fraction of sp³-hybridized carbons (Fsp3) is 0. The van der Waals surface area contributed by atoms with E-state index in [0.29, 0.717) is 0 Å². The minimum Gasteiger partial charge on any atom is -0.263 e. The molecule has 0 spiro atoms. The lowest BCUT2D eigenvalue weighted by atomic mass is 10.4. The lowest BCUT2D eigenvalue weighted by Gasteiger charge is -2.07. The number of aromatic nitrogens is 1. The van der Waals surface area contributed by atoms with E-state index in [0.717, 1.165) is 8.95 Å². The fourth-order valence-corrected chi connectivity index (χ4v) is 2.87. The Bertz CT molecular complexity index is 657. The van der Waals surface area contributed by atoms with Crippen molar-refractivity contribution in [1.29, 1.82) is 0 Å². The van der Waals surface area contributed by atoms with Gasteiger partial charge in [0.25, 0.3) is 10.0 Å². The average molecular weight is 392 g/mol. The maximum Gasteiger partial charge on any atom is 0.263 e. The number of nitrogens with one attached hydrogen (secondary N) is 1. The van der Waals surface area contributed by atoms with Crippen molar-refractivity contribution in [2.75, 3.05) is 4.72 Å². The van der Waals surface area contributed by atoms with E-state index in [9.17, 15) is 8.42 Å². The SMILES string of the molecule is O=S(=O)(Nc1cc(Br)ccn1)c1ccc(Br)cc1. The summed E-state index contributed by atoms with van der Waals surface area (Å²) in [5.74, 6) is 0.271. The molecule has 0 radical (unpaired) electrons. The van der Waals surface area contributed by atoms with Crippen molar-refractivity contribution < 1.29 is 8.42 Å². The number of hydrogen-bond acceptors (Lipinski definition) is 3. The number of sulfonamides is 1. The highest BCUT2D eigenvalue weighted by molar-refractivity contribution is 9.10. The molecule has 0 saturated carbocycles. The summed E-state index contributed by atoms with van der Waals surface area (Å²) < 4.78 is 28.1. The summed E-state index contributed by atoms with van der Waals surface area (Å²) in [6, 6.07) is 9.69. The first kappa shape index (κ1) is 13.5. The van der Waals surface area contributed by atoms with Gasteiger partial charge in [0, 0.05) is 15.1 Å². The van der Waals surface area contributed by atoms with Crippen LogP contribution in [0.25, 0.3) is 0 Å². The lowest BCUT2D eigenvalue weighted by Crippen LogP contribution is -2.13. The Kier molecular flexibility index (Phi) is 4.04. The molecule has 94 valence electrons. The second kappa shape index (κ2) is 5.38. The second-order valence-corrected chi connectivity index (χ2v) is 6.93. The Hall–Kier alpha value is -0.920. The Labute approximate surface area is 122 Å². The Morgan fingerprint density at radius 3 is 2.28 bits per heavy atom. The smallest absolute Gasteiger partial charge is 0.263 e. The third-order valence-corrected chi connectivity index (χ3v) is 4.48. The zero-order valence-electron chi connectivity index (χ0n) is 8.97. The van der Waals surface area contributed by atoms with Crippen LogP contribution in [0.5, 0.6) is 0 Å². The zero-order valence-corrected chi connectivity index (χ0v) is 13.0. The zero-order chi connectivity index (χ0) is 13.2. The standard InChI is InChI=1S/C11H8Br2N2O2S/c12-8-1-3-10(4-2-8)18(16,17)15-11-7-9(13)5-6-14-11/h1-7H,(H,14,15). The van der Waals surface area contributed by atoms with Crippen LogP contribution in [0.1, 0.15) is 0 Å². The van der Waals surface area contributed by atoms with Crippen molar-refractivity contribution in [3.8, 4) is 0 Å². The molecular formula is C11H8Br2N2O2S. The highest BCUT2D eigenvalue weighted by atomic mass is 79.9. The first-order chi connectivity index (χ1) is 8.47. The highest BCUT2D eigenvalue weighted by Gasteiger charge is 2.14. The van der Waals surface area contributed by atoms with E-state index < -0.39 is 10.0 Å². The van der Waals surface area contributed by atoms with Gasteiger partial charge in [-0.2, -0.15) is 0 Å². The molecule has 0 saturated heterocycles. The molecule has 0 amide bonds. The summed E-state index contributed by atoms with van der Waals surface area (Å²) >= 11 is 6.51. The summed E-state index contributed by atoms with van der Waals surface area (Å²) in [7, 11) is -3.60. The molecular weight excluding hydrogens is 384 g/mol. The summed E-state index contributed by atoms with van der Waals surface area (Å²) in [6.07, 6.45) is 1.52. The van der Waals surface area contributed by atoms with Crippen LogP contribution in [0.15, 0.2) is 56.4 Å². The van der Waals surface area contributed by atoms with Crippen molar-refractivity contribution >= 4 is 47.7 Å². The van der Waals surface area contributed by atoms with Crippen molar-refractivity contribution in [2.45, 2.75) is 4.90 Å². The number of nitrogens with zero attached hydrogens (tertiary/aromatic N) is 1. The Balaban J connectivity index is 2.30. The van der Waals surface area contributed by atoms with Crippen LogP contribution in [-0.4, -0.2) is 13.4 Å². The molecule has 18 heavy (non-hydrogen) atoms. The lowest BCUT2D eigenvalue weighted by molar-refractivity contribution is 0.601. The summed E-state index contributed by atoms with van der Waals surface area (Å²) in [5, 5.41) is 0. The second-order valence-electron chi connectivity index (χ2n) is 3.42. The summed E-state index contributed by atoms with van der Waals surface area (Å²) in [6.45, 7) is 0. The van der Waals surface area contributed by atoms with Crippen LogP contribution in [0, 0.1) is 0 Å². The third-order valence-electron chi connectivity index (χ3n) is 2.08. The van der Waals surface area contributed by atoms with Crippen molar-refractivity contribution in [3.05, 3.63) is 51.5 Å². The van der Waals surface area contributed by atoms with Gasteiger partial charge in [0.15, 0.2) is 0 Å². The average Bonchev–Trinajstić information content (AvgIpc) is 2.29. The first-order valence-electron chi connectivity index (χ1n) is 4.87. The minimum atomic E-state index is -3.60. The molecule has 0 unspecified atom stereocenters. The molecule has 4 nitrogen and oxygen atoms in total. The van der Waals surface area contributed by atoms with Crippen LogP contribution < -0.4 is 4.72 Å². The molecule has 0 aliphatic rings. The van der Waals surface area contributed by atoms with E-state index in [2.05, 4.69) is 41.6 Å². The Morgan fingerprint density at radius 2 is 1.67 bits per heavy atom. The monoisotopic (exact) mass is 390 g/mol. The maximum absolute atomic E-state index is 12.0. The van der Waals surface area contributed by atoms with Gasteiger partial charge >= 0.3 is 0 Å². The molecule has 1 aromatic heterocycles. The minimum absolute atomic E-state index is 0.187. The molecule has 2 aromatic rings. The summed E-state index contributed by atoms with van der Waals surface area (Å²) in [5.41, 5.74) is 0. The molecule has 1 N–H and O–H groups in total. The highest BCUT2D eigenvalue weighted by Crippen LogP contribution is 2.19. The van der Waals surface area contributed by atoms with Crippen LogP contribution in [0.2, 0.25) is 0 Å². The van der Waals surface area contributed by atoms with Crippen LogP contribution >= 0.6 is 31.9 Å².